The van der Waals surface area contributed by atoms with Crippen molar-refractivity contribution in [2.24, 2.45) is 0 Å². The van der Waals surface area contributed by atoms with Gasteiger partial charge >= 0.3 is 0 Å². The van der Waals surface area contributed by atoms with Crippen molar-refractivity contribution in [2.45, 2.75) is 12.1 Å². The van der Waals surface area contributed by atoms with E-state index in [1.165, 1.54) is 0 Å². The molecule has 0 radical (unpaired) electrons. The average Bonchev–Trinajstić information content (AvgIpc) is 3.34. The topological polar surface area (TPSA) is 71.5 Å². The van der Waals surface area contributed by atoms with E-state index < -0.39 is 0 Å². The predicted molar refractivity (Wildman–Crippen MR) is 99.4 cm³/mol. The van der Waals surface area contributed by atoms with Crippen LogP contribution in [0.1, 0.15) is 6.92 Å². The maximum atomic E-state index is 5.57. The van der Waals surface area contributed by atoms with Crippen LogP contribution in [-0.2, 0) is 4.74 Å². The Morgan fingerprint density at radius 1 is 1.12 bits per heavy atom. The van der Waals surface area contributed by atoms with Gasteiger partial charge in [0.2, 0.25) is 0 Å². The van der Waals surface area contributed by atoms with Gasteiger partial charge < -0.3 is 18.6 Å². The fraction of sp³-hybridized carbons (Fsp3) is 0.333. The summed E-state index contributed by atoms with van der Waals surface area (Å²) in [6.45, 7) is 3.30. The van der Waals surface area contributed by atoms with Gasteiger partial charge in [-0.25, -0.2) is 0 Å². The number of para-hydroxylation sites is 1. The monoisotopic (exact) mass is 375 g/mol. The molecule has 3 rings (SSSR count). The van der Waals surface area contributed by atoms with E-state index in [4.69, 9.17) is 18.6 Å². The Balaban J connectivity index is 2.10. The van der Waals surface area contributed by atoms with Gasteiger partial charge in [0.05, 0.1) is 32.7 Å². The summed E-state index contributed by atoms with van der Waals surface area (Å²) in [6.07, 6.45) is 3.24. The molecule has 0 saturated carbocycles. The van der Waals surface area contributed by atoms with E-state index in [9.17, 15) is 0 Å². The summed E-state index contributed by atoms with van der Waals surface area (Å²) >= 11 is 1.56. The fourth-order valence-electron chi connectivity index (χ4n) is 2.53. The highest BCUT2D eigenvalue weighted by Gasteiger charge is 2.22. The number of methoxy groups -OCH3 is 2. The molecule has 0 aliphatic rings. The number of thioether (sulfide) groups is 1. The highest BCUT2D eigenvalue weighted by Crippen LogP contribution is 2.38. The molecular formula is C18H21N3O4S. The average molecular weight is 375 g/mol. The molecule has 0 atom stereocenters. The molecule has 2 aromatic heterocycles. The second kappa shape index (κ2) is 8.77. The van der Waals surface area contributed by atoms with Crippen molar-refractivity contribution in [3.63, 3.8) is 0 Å². The van der Waals surface area contributed by atoms with Gasteiger partial charge in [-0.05, 0) is 25.1 Å². The Hall–Kier alpha value is -2.45. The van der Waals surface area contributed by atoms with Crippen LogP contribution in [0.5, 0.6) is 11.5 Å². The zero-order valence-corrected chi connectivity index (χ0v) is 15.8. The van der Waals surface area contributed by atoms with E-state index in [1.807, 2.05) is 35.8 Å². The first-order valence-electron chi connectivity index (χ1n) is 8.20. The molecular weight excluding hydrogens is 354 g/mol. The van der Waals surface area contributed by atoms with E-state index >= 15 is 0 Å². The minimum Gasteiger partial charge on any atom is -0.494 e. The van der Waals surface area contributed by atoms with Crippen LogP contribution in [-0.4, -0.2) is 48.0 Å². The number of aromatic nitrogens is 3. The van der Waals surface area contributed by atoms with Crippen LogP contribution in [0.25, 0.3) is 17.1 Å². The molecule has 0 bridgehead atoms. The molecule has 26 heavy (non-hydrogen) atoms. The molecule has 0 saturated heterocycles. The van der Waals surface area contributed by atoms with E-state index in [1.54, 1.807) is 38.5 Å². The third kappa shape index (κ3) is 3.71. The van der Waals surface area contributed by atoms with Gasteiger partial charge in [0.15, 0.2) is 11.0 Å². The summed E-state index contributed by atoms with van der Waals surface area (Å²) in [4.78, 5) is 0. The minimum absolute atomic E-state index is 0.637. The summed E-state index contributed by atoms with van der Waals surface area (Å²) in [5, 5.41) is 9.46. The van der Waals surface area contributed by atoms with Crippen molar-refractivity contribution in [1.82, 2.24) is 14.8 Å². The number of hydrogen-bond acceptors (Lipinski definition) is 7. The lowest BCUT2D eigenvalue weighted by atomic mass is 10.2. The highest BCUT2D eigenvalue weighted by atomic mass is 32.2. The third-order valence-corrected chi connectivity index (χ3v) is 4.59. The van der Waals surface area contributed by atoms with Crippen LogP contribution in [0.2, 0.25) is 0 Å². The smallest absolute Gasteiger partial charge is 0.196 e. The molecule has 0 unspecified atom stereocenters. The molecule has 8 heteroatoms. The normalized spacial score (nSPS) is 10.9. The molecule has 0 amide bonds. The van der Waals surface area contributed by atoms with Gasteiger partial charge in [-0.3, -0.25) is 4.57 Å². The molecule has 7 nitrogen and oxygen atoms in total. The Labute approximate surface area is 156 Å². The molecule has 0 aliphatic carbocycles. The Morgan fingerprint density at radius 2 is 1.88 bits per heavy atom. The quantitative estimate of drug-likeness (QED) is 0.417. The van der Waals surface area contributed by atoms with Crippen molar-refractivity contribution < 1.29 is 18.6 Å². The minimum atomic E-state index is 0.637. The van der Waals surface area contributed by atoms with Crippen LogP contribution in [0.3, 0.4) is 0 Å². The number of furan rings is 1. The van der Waals surface area contributed by atoms with Crippen LogP contribution in [0.15, 0.2) is 46.4 Å². The molecule has 2 heterocycles. The SMILES string of the molecule is CCOCCSc1nnc(-c2ccoc2)n1-c1c(OC)cccc1OC. The number of benzene rings is 1. The number of nitrogens with zero attached hydrogens (tertiary/aromatic N) is 3. The second-order valence-electron chi connectivity index (χ2n) is 5.21. The van der Waals surface area contributed by atoms with Gasteiger partial charge in [0, 0.05) is 12.4 Å². The van der Waals surface area contributed by atoms with Crippen LogP contribution < -0.4 is 9.47 Å². The maximum absolute atomic E-state index is 5.57. The lowest BCUT2D eigenvalue weighted by Crippen LogP contribution is -2.05. The van der Waals surface area contributed by atoms with Gasteiger partial charge in [-0.1, -0.05) is 17.8 Å². The standard InChI is InChI=1S/C18H21N3O4S/c1-4-24-10-11-26-18-20-19-17(13-8-9-25-12-13)21(18)16-14(22-2)6-5-7-15(16)23-3/h5-9,12H,4,10-11H2,1-3H3. The first-order valence-corrected chi connectivity index (χ1v) is 9.18. The summed E-state index contributed by atoms with van der Waals surface area (Å²) < 4.78 is 23.7. The summed E-state index contributed by atoms with van der Waals surface area (Å²) in [7, 11) is 3.25. The van der Waals surface area contributed by atoms with Crippen LogP contribution in [0.4, 0.5) is 0 Å². The summed E-state index contributed by atoms with van der Waals surface area (Å²) in [5.74, 6) is 2.75. The van der Waals surface area contributed by atoms with Crippen molar-refractivity contribution in [3.05, 3.63) is 36.8 Å². The van der Waals surface area contributed by atoms with E-state index in [0.717, 1.165) is 22.2 Å². The Morgan fingerprint density at radius 3 is 2.50 bits per heavy atom. The van der Waals surface area contributed by atoms with Crippen molar-refractivity contribution >= 4 is 11.8 Å². The van der Waals surface area contributed by atoms with Gasteiger partial charge in [-0.15, -0.1) is 10.2 Å². The summed E-state index contributed by atoms with van der Waals surface area (Å²) in [6, 6.07) is 7.49. The molecule has 0 aliphatic heterocycles. The molecule has 1 aromatic carbocycles. The van der Waals surface area contributed by atoms with Gasteiger partial charge in [-0.2, -0.15) is 0 Å². The molecule has 0 fully saturated rings. The van der Waals surface area contributed by atoms with Crippen molar-refractivity contribution in [2.75, 3.05) is 33.2 Å². The van der Waals surface area contributed by atoms with E-state index in [2.05, 4.69) is 10.2 Å². The first-order chi connectivity index (χ1) is 12.8. The zero-order chi connectivity index (χ0) is 18.4. The van der Waals surface area contributed by atoms with Crippen LogP contribution >= 0.6 is 11.8 Å². The predicted octanol–water partition coefficient (Wildman–Crippen LogP) is 3.67. The largest absolute Gasteiger partial charge is 0.494 e. The lowest BCUT2D eigenvalue weighted by molar-refractivity contribution is 0.164. The Bertz CT molecular complexity index is 811. The van der Waals surface area contributed by atoms with E-state index in [0.29, 0.717) is 30.5 Å². The fourth-order valence-corrected chi connectivity index (χ4v) is 3.32. The highest BCUT2D eigenvalue weighted by molar-refractivity contribution is 7.99. The molecule has 3 aromatic rings. The number of ether oxygens (including phenoxy) is 3. The lowest BCUT2D eigenvalue weighted by Gasteiger charge is -2.16. The van der Waals surface area contributed by atoms with Gasteiger partial charge in [0.1, 0.15) is 23.4 Å². The first kappa shape index (κ1) is 18.3. The zero-order valence-electron chi connectivity index (χ0n) is 15.0. The number of rotatable bonds is 9. The van der Waals surface area contributed by atoms with E-state index in [-0.39, 0.29) is 0 Å². The van der Waals surface area contributed by atoms with Crippen LogP contribution in [0, 0.1) is 0 Å². The van der Waals surface area contributed by atoms with Crippen molar-refractivity contribution in [3.8, 4) is 28.6 Å². The summed E-state index contributed by atoms with van der Waals surface area (Å²) in [5.41, 5.74) is 1.57. The van der Waals surface area contributed by atoms with Gasteiger partial charge in [0.25, 0.3) is 0 Å². The third-order valence-electron chi connectivity index (χ3n) is 3.70. The van der Waals surface area contributed by atoms with Crippen molar-refractivity contribution in [1.29, 1.82) is 0 Å². The number of hydrogen-bond donors (Lipinski definition) is 0. The second-order valence-corrected chi connectivity index (χ2v) is 6.27. The molecule has 138 valence electrons. The molecule has 0 N–H and O–H groups in total. The molecule has 0 spiro atoms. The Kier molecular flexibility index (Phi) is 6.19. The maximum Gasteiger partial charge on any atom is 0.196 e.